The maximum atomic E-state index is 13.7. The zero-order valence-electron chi connectivity index (χ0n) is 12.4. The van der Waals surface area contributed by atoms with E-state index >= 15 is 0 Å². The molecule has 3 rings (SSSR count). The SMILES string of the molecule is CCc1ccc2nc(NC(=O)Cc3c(F)cccc3Cl)sc2c1. The maximum Gasteiger partial charge on any atom is 0.230 e. The van der Waals surface area contributed by atoms with Crippen LogP contribution in [0.3, 0.4) is 0 Å². The van der Waals surface area contributed by atoms with Crippen molar-refractivity contribution in [1.29, 1.82) is 0 Å². The molecule has 0 aliphatic heterocycles. The van der Waals surface area contributed by atoms with Gasteiger partial charge < -0.3 is 5.32 Å². The Bertz CT molecular complexity index is 858. The summed E-state index contributed by atoms with van der Waals surface area (Å²) in [7, 11) is 0. The molecule has 23 heavy (non-hydrogen) atoms. The topological polar surface area (TPSA) is 42.0 Å². The highest BCUT2D eigenvalue weighted by Crippen LogP contribution is 2.27. The van der Waals surface area contributed by atoms with Crippen LogP contribution in [0.1, 0.15) is 18.1 Å². The molecule has 0 saturated carbocycles. The van der Waals surface area contributed by atoms with Crippen LogP contribution in [0, 0.1) is 5.82 Å². The highest BCUT2D eigenvalue weighted by atomic mass is 35.5. The Morgan fingerprint density at radius 2 is 2.17 bits per heavy atom. The second-order valence-corrected chi connectivity index (χ2v) is 6.54. The summed E-state index contributed by atoms with van der Waals surface area (Å²) in [5.41, 5.74) is 2.25. The molecular formula is C17H14ClFN2OS. The Balaban J connectivity index is 1.77. The highest BCUT2D eigenvalue weighted by molar-refractivity contribution is 7.22. The van der Waals surface area contributed by atoms with Gasteiger partial charge in [-0.15, -0.1) is 0 Å². The van der Waals surface area contributed by atoms with Crippen molar-refractivity contribution in [1.82, 2.24) is 4.98 Å². The molecule has 0 aliphatic rings. The summed E-state index contributed by atoms with van der Waals surface area (Å²) in [5, 5.41) is 3.47. The molecule has 0 unspecified atom stereocenters. The number of rotatable bonds is 4. The largest absolute Gasteiger partial charge is 0.302 e. The molecule has 0 fully saturated rings. The van der Waals surface area contributed by atoms with Crippen molar-refractivity contribution >= 4 is 44.2 Å². The monoisotopic (exact) mass is 348 g/mol. The molecule has 1 amide bonds. The number of amides is 1. The Kier molecular flexibility index (Phi) is 4.59. The van der Waals surface area contributed by atoms with E-state index in [9.17, 15) is 9.18 Å². The Morgan fingerprint density at radius 1 is 1.35 bits per heavy atom. The average Bonchev–Trinajstić information content (AvgIpc) is 2.92. The van der Waals surface area contributed by atoms with Crippen molar-refractivity contribution in [2.75, 3.05) is 5.32 Å². The molecule has 0 spiro atoms. The lowest BCUT2D eigenvalue weighted by Gasteiger charge is -2.05. The summed E-state index contributed by atoms with van der Waals surface area (Å²) in [6.45, 7) is 2.09. The third-order valence-electron chi connectivity index (χ3n) is 3.51. The first kappa shape index (κ1) is 15.9. The number of carbonyl (C=O) groups is 1. The summed E-state index contributed by atoms with van der Waals surface area (Å²) in [5.74, 6) is -0.823. The number of anilines is 1. The molecule has 0 atom stereocenters. The van der Waals surface area contributed by atoms with Gasteiger partial charge in [-0.25, -0.2) is 9.37 Å². The van der Waals surface area contributed by atoms with Gasteiger partial charge in [0.15, 0.2) is 5.13 Å². The maximum absolute atomic E-state index is 13.7. The molecule has 0 radical (unpaired) electrons. The van der Waals surface area contributed by atoms with Gasteiger partial charge in [-0.05, 0) is 36.2 Å². The van der Waals surface area contributed by atoms with E-state index in [2.05, 4.69) is 23.3 Å². The standard InChI is InChI=1S/C17H14ClFN2OS/c1-2-10-6-7-14-15(8-10)23-17(20-14)21-16(22)9-11-12(18)4-3-5-13(11)19/h3-8H,2,9H2,1H3,(H,20,21,22). The lowest BCUT2D eigenvalue weighted by Crippen LogP contribution is -2.15. The number of hydrogen-bond acceptors (Lipinski definition) is 3. The first-order chi connectivity index (χ1) is 11.1. The third kappa shape index (κ3) is 3.51. The normalized spacial score (nSPS) is 10.9. The molecule has 1 heterocycles. The van der Waals surface area contributed by atoms with Gasteiger partial charge in [0.05, 0.1) is 16.6 Å². The van der Waals surface area contributed by atoms with Crippen molar-refractivity contribution < 1.29 is 9.18 Å². The first-order valence-corrected chi connectivity index (χ1v) is 8.38. The predicted molar refractivity (Wildman–Crippen MR) is 92.7 cm³/mol. The number of aryl methyl sites for hydroxylation is 1. The summed E-state index contributed by atoms with van der Waals surface area (Å²) in [6, 6.07) is 10.4. The van der Waals surface area contributed by atoms with Crippen molar-refractivity contribution in [2.24, 2.45) is 0 Å². The van der Waals surface area contributed by atoms with Crippen molar-refractivity contribution in [3.63, 3.8) is 0 Å². The van der Waals surface area contributed by atoms with E-state index in [0.717, 1.165) is 16.6 Å². The second kappa shape index (κ2) is 6.64. The zero-order chi connectivity index (χ0) is 16.4. The number of aromatic nitrogens is 1. The quantitative estimate of drug-likeness (QED) is 0.733. The fraction of sp³-hybridized carbons (Fsp3) is 0.176. The molecule has 2 aromatic carbocycles. The minimum absolute atomic E-state index is 0.123. The van der Waals surface area contributed by atoms with Crippen LogP contribution >= 0.6 is 22.9 Å². The van der Waals surface area contributed by atoms with Crippen molar-refractivity contribution in [3.8, 4) is 0 Å². The minimum Gasteiger partial charge on any atom is -0.302 e. The lowest BCUT2D eigenvalue weighted by molar-refractivity contribution is -0.115. The van der Waals surface area contributed by atoms with Crippen LogP contribution in [0.5, 0.6) is 0 Å². The van der Waals surface area contributed by atoms with Gasteiger partial charge in [-0.3, -0.25) is 4.79 Å². The van der Waals surface area contributed by atoms with Gasteiger partial charge in [-0.2, -0.15) is 0 Å². The zero-order valence-corrected chi connectivity index (χ0v) is 14.0. The molecular weight excluding hydrogens is 335 g/mol. The molecule has 0 bridgehead atoms. The Labute approximate surface area is 142 Å². The van der Waals surface area contributed by atoms with Crippen LogP contribution in [0.25, 0.3) is 10.2 Å². The number of thiazole rings is 1. The van der Waals surface area contributed by atoms with Crippen LogP contribution in [0.2, 0.25) is 5.02 Å². The van der Waals surface area contributed by atoms with Crippen molar-refractivity contribution in [2.45, 2.75) is 19.8 Å². The summed E-state index contributed by atoms with van der Waals surface area (Å²) < 4.78 is 14.7. The van der Waals surface area contributed by atoms with Gasteiger partial charge in [0, 0.05) is 10.6 Å². The number of nitrogens with one attached hydrogen (secondary N) is 1. The van der Waals surface area contributed by atoms with E-state index in [1.54, 1.807) is 6.07 Å². The van der Waals surface area contributed by atoms with E-state index < -0.39 is 5.82 Å². The molecule has 1 N–H and O–H groups in total. The molecule has 1 aromatic heterocycles. The van der Waals surface area contributed by atoms with Crippen LogP contribution in [0.4, 0.5) is 9.52 Å². The van der Waals surface area contributed by atoms with Gasteiger partial charge in [0.25, 0.3) is 0 Å². The third-order valence-corrected chi connectivity index (χ3v) is 4.79. The van der Waals surface area contributed by atoms with Gasteiger partial charge >= 0.3 is 0 Å². The molecule has 0 aliphatic carbocycles. The van der Waals surface area contributed by atoms with E-state index in [4.69, 9.17) is 11.6 Å². The number of nitrogens with zero attached hydrogens (tertiary/aromatic N) is 1. The number of hydrogen-bond donors (Lipinski definition) is 1. The van der Waals surface area contributed by atoms with Gasteiger partial charge in [0.2, 0.25) is 5.91 Å². The Hall–Kier alpha value is -1.98. The van der Waals surface area contributed by atoms with Crippen LogP contribution in [-0.2, 0) is 17.6 Å². The number of fused-ring (bicyclic) bond motifs is 1. The fourth-order valence-electron chi connectivity index (χ4n) is 2.27. The van der Waals surface area contributed by atoms with Crippen molar-refractivity contribution in [3.05, 3.63) is 58.4 Å². The molecule has 0 saturated heterocycles. The Morgan fingerprint density at radius 3 is 2.91 bits per heavy atom. The van der Waals surface area contributed by atoms with E-state index in [1.165, 1.54) is 29.0 Å². The molecule has 3 nitrogen and oxygen atoms in total. The summed E-state index contributed by atoms with van der Waals surface area (Å²) in [6.07, 6.45) is 0.822. The smallest absolute Gasteiger partial charge is 0.230 e. The lowest BCUT2D eigenvalue weighted by atomic mass is 10.1. The van der Waals surface area contributed by atoms with E-state index in [0.29, 0.717) is 5.13 Å². The fourth-order valence-corrected chi connectivity index (χ4v) is 3.44. The summed E-state index contributed by atoms with van der Waals surface area (Å²) in [4.78, 5) is 16.5. The molecule has 3 aromatic rings. The van der Waals surface area contributed by atoms with Gasteiger partial charge in [-0.1, -0.05) is 42.0 Å². The van der Waals surface area contributed by atoms with Crippen LogP contribution in [0.15, 0.2) is 36.4 Å². The second-order valence-electron chi connectivity index (χ2n) is 5.10. The summed E-state index contributed by atoms with van der Waals surface area (Å²) >= 11 is 7.35. The predicted octanol–water partition coefficient (Wildman–Crippen LogP) is 4.83. The number of halogens is 2. The van der Waals surface area contributed by atoms with Crippen LogP contribution in [-0.4, -0.2) is 10.9 Å². The molecule has 6 heteroatoms. The first-order valence-electron chi connectivity index (χ1n) is 7.19. The minimum atomic E-state index is -0.482. The number of benzene rings is 2. The van der Waals surface area contributed by atoms with Gasteiger partial charge in [0.1, 0.15) is 5.82 Å². The average molecular weight is 349 g/mol. The van der Waals surface area contributed by atoms with E-state index in [-0.39, 0.29) is 22.9 Å². The van der Waals surface area contributed by atoms with E-state index in [1.807, 2.05) is 12.1 Å². The molecule has 118 valence electrons. The highest BCUT2D eigenvalue weighted by Gasteiger charge is 2.14. The number of carbonyl (C=O) groups excluding carboxylic acids is 1. The van der Waals surface area contributed by atoms with Crippen LogP contribution < -0.4 is 5.32 Å².